The molecule has 176 valence electrons. The molecule has 2 aliphatic rings. The largest absolute Gasteiger partial charge is 0.371 e. The van der Waals surface area contributed by atoms with Crippen LogP contribution in [0.2, 0.25) is 0 Å². The lowest BCUT2D eigenvalue weighted by atomic mass is 9.94. The van der Waals surface area contributed by atoms with Gasteiger partial charge in [0.2, 0.25) is 5.91 Å². The summed E-state index contributed by atoms with van der Waals surface area (Å²) in [5.41, 5.74) is 2.12. The zero-order chi connectivity index (χ0) is 23.0. The molecule has 0 spiro atoms. The van der Waals surface area contributed by atoms with E-state index < -0.39 is 0 Å². The molecule has 7 heteroatoms. The lowest BCUT2D eigenvalue weighted by Crippen LogP contribution is -2.42. The Bertz CT molecular complexity index is 952. The number of anilines is 3. The van der Waals surface area contributed by atoms with E-state index in [1.165, 1.54) is 24.3 Å². The van der Waals surface area contributed by atoms with Crippen LogP contribution in [0.1, 0.15) is 32.1 Å². The number of pyridine rings is 1. The number of hydrogen-bond donors (Lipinski definition) is 2. The van der Waals surface area contributed by atoms with Gasteiger partial charge in [0, 0.05) is 62.4 Å². The van der Waals surface area contributed by atoms with Crippen LogP contribution in [0.25, 0.3) is 0 Å². The fourth-order valence-corrected chi connectivity index (χ4v) is 4.91. The molecule has 0 saturated carbocycles. The predicted molar refractivity (Wildman–Crippen MR) is 132 cm³/mol. The molecule has 3 heterocycles. The summed E-state index contributed by atoms with van der Waals surface area (Å²) in [5.74, 6) is 1.15. The number of aromatic nitrogens is 1. The number of piperidine rings is 2. The van der Waals surface area contributed by atoms with Crippen LogP contribution in [0, 0.1) is 11.7 Å². The normalized spacial score (nSPS) is 20.9. The van der Waals surface area contributed by atoms with Crippen molar-refractivity contribution in [3.8, 4) is 0 Å². The number of carbonyl (C=O) groups is 1. The Kier molecular flexibility index (Phi) is 7.81. The van der Waals surface area contributed by atoms with Crippen molar-refractivity contribution in [1.29, 1.82) is 0 Å². The van der Waals surface area contributed by atoms with E-state index in [-0.39, 0.29) is 17.8 Å². The third-order valence-corrected chi connectivity index (χ3v) is 6.61. The van der Waals surface area contributed by atoms with Crippen LogP contribution in [0.3, 0.4) is 0 Å². The molecule has 2 atom stereocenters. The first-order valence-electron chi connectivity index (χ1n) is 12.0. The lowest BCUT2D eigenvalue weighted by Gasteiger charge is -2.36. The monoisotopic (exact) mass is 451 g/mol. The molecule has 2 aromatic rings. The first kappa shape index (κ1) is 23.1. The van der Waals surface area contributed by atoms with Crippen LogP contribution in [0.15, 0.2) is 55.3 Å². The highest BCUT2D eigenvalue weighted by Gasteiger charge is 2.23. The molecule has 2 N–H and O–H groups in total. The van der Waals surface area contributed by atoms with Crippen LogP contribution < -0.4 is 20.4 Å². The Labute approximate surface area is 195 Å². The van der Waals surface area contributed by atoms with Gasteiger partial charge in [-0.2, -0.15) is 0 Å². The second-order valence-electron chi connectivity index (χ2n) is 9.05. The Morgan fingerprint density at radius 1 is 1.12 bits per heavy atom. The second kappa shape index (κ2) is 11.2. The van der Waals surface area contributed by atoms with Crippen LogP contribution in [0.5, 0.6) is 0 Å². The van der Waals surface area contributed by atoms with E-state index >= 15 is 0 Å². The summed E-state index contributed by atoms with van der Waals surface area (Å²) in [5, 5.41) is 6.50. The van der Waals surface area contributed by atoms with Gasteiger partial charge in [-0.1, -0.05) is 12.6 Å². The number of amides is 1. The van der Waals surface area contributed by atoms with Gasteiger partial charge >= 0.3 is 0 Å². The van der Waals surface area contributed by atoms with Crippen LogP contribution in [0.4, 0.5) is 21.6 Å². The van der Waals surface area contributed by atoms with Crippen molar-refractivity contribution in [2.24, 2.45) is 5.92 Å². The zero-order valence-electron chi connectivity index (χ0n) is 19.2. The SMILES string of the molecule is C=CC(=O)NCCC1CCCN(c2ccnc(N[C@@H]3CCCN(c4cccc(F)c4)C3)c2)C1. The van der Waals surface area contributed by atoms with Crippen LogP contribution in [-0.4, -0.2) is 49.7 Å². The summed E-state index contributed by atoms with van der Waals surface area (Å²) in [6, 6.07) is 11.3. The number of hydrogen-bond acceptors (Lipinski definition) is 5. The third kappa shape index (κ3) is 6.46. The zero-order valence-corrected chi connectivity index (χ0v) is 19.2. The van der Waals surface area contributed by atoms with E-state index in [2.05, 4.69) is 44.1 Å². The molecule has 33 heavy (non-hydrogen) atoms. The first-order valence-corrected chi connectivity index (χ1v) is 12.0. The lowest BCUT2D eigenvalue weighted by molar-refractivity contribution is -0.116. The minimum atomic E-state index is -0.195. The van der Waals surface area contributed by atoms with Crippen molar-refractivity contribution in [3.63, 3.8) is 0 Å². The standard InChI is InChI=1S/C26H34FN5O/c1-2-26(33)29-12-10-20-6-4-14-31(18-20)24-11-13-28-25(17-24)30-22-8-5-15-32(19-22)23-9-3-7-21(27)16-23/h2-3,7,9,11,13,16-17,20,22H,1,4-6,8,10,12,14-15,18-19H2,(H,28,30)(H,29,33)/t20?,22-/m1/s1. The van der Waals surface area contributed by atoms with Crippen molar-refractivity contribution in [3.05, 3.63) is 61.1 Å². The Morgan fingerprint density at radius 3 is 2.73 bits per heavy atom. The molecular weight excluding hydrogens is 417 g/mol. The van der Waals surface area contributed by atoms with Gasteiger partial charge < -0.3 is 20.4 Å². The summed E-state index contributed by atoms with van der Waals surface area (Å²) in [4.78, 5) is 20.6. The molecule has 4 rings (SSSR count). The number of nitrogens with one attached hydrogen (secondary N) is 2. The van der Waals surface area contributed by atoms with Crippen molar-refractivity contribution in [2.75, 3.05) is 47.8 Å². The third-order valence-electron chi connectivity index (χ3n) is 6.61. The average Bonchev–Trinajstić information content (AvgIpc) is 2.84. The highest BCUT2D eigenvalue weighted by atomic mass is 19.1. The molecular formula is C26H34FN5O. The summed E-state index contributed by atoms with van der Waals surface area (Å²) < 4.78 is 13.7. The number of benzene rings is 1. The molecule has 1 unspecified atom stereocenters. The van der Waals surface area contributed by atoms with Gasteiger partial charge in [0.15, 0.2) is 0 Å². The Morgan fingerprint density at radius 2 is 1.91 bits per heavy atom. The number of carbonyl (C=O) groups excluding carboxylic acids is 1. The molecule has 2 fully saturated rings. The Hall–Kier alpha value is -3.09. The van der Waals surface area contributed by atoms with Crippen molar-refractivity contribution in [2.45, 2.75) is 38.1 Å². The van der Waals surface area contributed by atoms with Gasteiger partial charge in [-0.15, -0.1) is 0 Å². The molecule has 0 bridgehead atoms. The molecule has 1 amide bonds. The molecule has 6 nitrogen and oxygen atoms in total. The van der Waals surface area contributed by atoms with Gasteiger partial charge in [-0.25, -0.2) is 9.37 Å². The van der Waals surface area contributed by atoms with Crippen LogP contribution in [-0.2, 0) is 4.79 Å². The van der Waals surface area contributed by atoms with E-state index in [0.29, 0.717) is 12.5 Å². The van der Waals surface area contributed by atoms with E-state index in [1.807, 2.05) is 12.3 Å². The van der Waals surface area contributed by atoms with E-state index in [0.717, 1.165) is 63.4 Å². The maximum Gasteiger partial charge on any atom is 0.243 e. The van der Waals surface area contributed by atoms with Gasteiger partial charge in [-0.3, -0.25) is 4.79 Å². The molecule has 1 aromatic carbocycles. The molecule has 1 aromatic heterocycles. The van der Waals surface area contributed by atoms with Crippen molar-refractivity contribution in [1.82, 2.24) is 10.3 Å². The highest BCUT2D eigenvalue weighted by molar-refractivity contribution is 5.86. The van der Waals surface area contributed by atoms with Crippen molar-refractivity contribution >= 4 is 23.1 Å². The van der Waals surface area contributed by atoms with Gasteiger partial charge in [-0.05, 0) is 68.4 Å². The van der Waals surface area contributed by atoms with E-state index in [9.17, 15) is 9.18 Å². The van der Waals surface area contributed by atoms with E-state index in [4.69, 9.17) is 0 Å². The predicted octanol–water partition coefficient (Wildman–Crippen LogP) is 4.21. The number of halogens is 1. The maximum absolute atomic E-state index is 13.7. The summed E-state index contributed by atoms with van der Waals surface area (Å²) >= 11 is 0. The minimum Gasteiger partial charge on any atom is -0.371 e. The smallest absolute Gasteiger partial charge is 0.243 e. The fraction of sp³-hybridized carbons (Fsp3) is 0.462. The average molecular weight is 452 g/mol. The van der Waals surface area contributed by atoms with Gasteiger partial charge in [0.1, 0.15) is 11.6 Å². The van der Waals surface area contributed by atoms with Gasteiger partial charge in [0.25, 0.3) is 0 Å². The minimum absolute atomic E-state index is 0.105. The topological polar surface area (TPSA) is 60.5 Å². The highest BCUT2D eigenvalue weighted by Crippen LogP contribution is 2.27. The van der Waals surface area contributed by atoms with Crippen molar-refractivity contribution < 1.29 is 9.18 Å². The first-order chi connectivity index (χ1) is 16.1. The summed E-state index contributed by atoms with van der Waals surface area (Å²) in [6.45, 7) is 7.99. The summed E-state index contributed by atoms with van der Waals surface area (Å²) in [6.07, 6.45) is 8.64. The molecule has 0 radical (unpaired) electrons. The van der Waals surface area contributed by atoms with Gasteiger partial charge in [0.05, 0.1) is 0 Å². The maximum atomic E-state index is 13.7. The Balaban J connectivity index is 1.33. The number of rotatable bonds is 8. The molecule has 2 aliphatic heterocycles. The fourth-order valence-electron chi connectivity index (χ4n) is 4.91. The molecule has 0 aliphatic carbocycles. The van der Waals surface area contributed by atoms with E-state index in [1.54, 1.807) is 12.1 Å². The quantitative estimate of drug-likeness (QED) is 0.589. The second-order valence-corrected chi connectivity index (χ2v) is 9.05. The number of nitrogens with zero attached hydrogens (tertiary/aromatic N) is 3. The summed E-state index contributed by atoms with van der Waals surface area (Å²) in [7, 11) is 0. The van der Waals surface area contributed by atoms with Crippen LogP contribution >= 0.6 is 0 Å². The molecule has 2 saturated heterocycles.